The van der Waals surface area contributed by atoms with Gasteiger partial charge in [0.25, 0.3) is 0 Å². The van der Waals surface area contributed by atoms with Crippen LogP contribution in [0.2, 0.25) is 0 Å². The molecule has 0 bridgehead atoms. The second-order valence-corrected chi connectivity index (χ2v) is 9.26. The molecule has 2 aliphatic rings. The van der Waals surface area contributed by atoms with Crippen molar-refractivity contribution in [2.24, 2.45) is 7.05 Å². The van der Waals surface area contributed by atoms with Crippen molar-refractivity contribution >= 4 is 23.1 Å². The van der Waals surface area contributed by atoms with Crippen LogP contribution in [0.15, 0.2) is 29.9 Å². The number of carbonyl (C=O) groups excluding carboxylic acids is 1. The Morgan fingerprint density at radius 3 is 2.65 bits per heavy atom. The molecular formula is C22H27N7OS. The molecule has 0 N–H and O–H groups in total. The van der Waals surface area contributed by atoms with Gasteiger partial charge in [0.15, 0.2) is 5.82 Å². The molecule has 0 aliphatic carbocycles. The molecule has 31 heavy (non-hydrogen) atoms. The first-order chi connectivity index (χ1) is 15.1. The van der Waals surface area contributed by atoms with Crippen molar-refractivity contribution in [3.63, 3.8) is 0 Å². The lowest BCUT2D eigenvalue weighted by molar-refractivity contribution is -0.129. The fraction of sp³-hybridized carbons (Fsp3) is 0.455. The molecule has 0 radical (unpaired) electrons. The van der Waals surface area contributed by atoms with E-state index in [1.54, 1.807) is 11.6 Å². The SMILES string of the molecule is CC(=O)N1CCc2nc(N3CCN(Cc4cccs4)CC3)c(-c3cnn(C)c3)nc2C1. The summed E-state index contributed by atoms with van der Waals surface area (Å²) in [5, 5.41) is 6.49. The molecule has 162 valence electrons. The van der Waals surface area contributed by atoms with E-state index in [0.29, 0.717) is 13.1 Å². The summed E-state index contributed by atoms with van der Waals surface area (Å²) in [4.78, 5) is 30.1. The van der Waals surface area contributed by atoms with E-state index in [1.165, 1.54) is 4.88 Å². The molecule has 0 aromatic carbocycles. The number of amides is 1. The average Bonchev–Trinajstić information content (AvgIpc) is 3.44. The predicted molar refractivity (Wildman–Crippen MR) is 121 cm³/mol. The number of rotatable bonds is 4. The number of hydrogen-bond donors (Lipinski definition) is 0. The second kappa shape index (κ2) is 8.39. The Labute approximate surface area is 186 Å². The minimum Gasteiger partial charge on any atom is -0.352 e. The maximum absolute atomic E-state index is 11.9. The highest BCUT2D eigenvalue weighted by molar-refractivity contribution is 7.09. The zero-order chi connectivity index (χ0) is 21.4. The van der Waals surface area contributed by atoms with E-state index in [0.717, 1.165) is 67.6 Å². The zero-order valence-electron chi connectivity index (χ0n) is 18.0. The second-order valence-electron chi connectivity index (χ2n) is 8.23. The Morgan fingerprint density at radius 1 is 1.13 bits per heavy atom. The third-order valence-corrected chi connectivity index (χ3v) is 6.91. The minimum atomic E-state index is 0.0846. The molecule has 1 fully saturated rings. The van der Waals surface area contributed by atoms with Crippen LogP contribution in [0.1, 0.15) is 23.2 Å². The van der Waals surface area contributed by atoms with Crippen LogP contribution >= 0.6 is 11.3 Å². The van der Waals surface area contributed by atoms with Gasteiger partial charge < -0.3 is 9.80 Å². The van der Waals surface area contributed by atoms with Gasteiger partial charge in [0.2, 0.25) is 5.91 Å². The summed E-state index contributed by atoms with van der Waals surface area (Å²) in [6, 6.07) is 4.32. The summed E-state index contributed by atoms with van der Waals surface area (Å²) in [6.45, 7) is 7.71. The van der Waals surface area contributed by atoms with E-state index >= 15 is 0 Å². The van der Waals surface area contributed by atoms with Crippen LogP contribution < -0.4 is 4.90 Å². The Bertz CT molecular complexity index is 1070. The average molecular weight is 438 g/mol. The van der Waals surface area contributed by atoms with Crippen molar-refractivity contribution in [2.75, 3.05) is 37.6 Å². The highest BCUT2D eigenvalue weighted by Crippen LogP contribution is 2.31. The van der Waals surface area contributed by atoms with Crippen LogP contribution in [0.5, 0.6) is 0 Å². The predicted octanol–water partition coefficient (Wildman–Crippen LogP) is 2.17. The van der Waals surface area contributed by atoms with Gasteiger partial charge in [-0.3, -0.25) is 14.4 Å². The van der Waals surface area contributed by atoms with E-state index in [-0.39, 0.29) is 5.91 Å². The molecule has 0 spiro atoms. The summed E-state index contributed by atoms with van der Waals surface area (Å²) in [6.07, 6.45) is 4.58. The maximum Gasteiger partial charge on any atom is 0.219 e. The molecule has 1 amide bonds. The Hall–Kier alpha value is -2.78. The van der Waals surface area contributed by atoms with Crippen LogP contribution in [0.25, 0.3) is 11.3 Å². The molecule has 1 saturated heterocycles. The molecule has 0 unspecified atom stereocenters. The number of fused-ring (bicyclic) bond motifs is 1. The molecule has 8 nitrogen and oxygen atoms in total. The summed E-state index contributed by atoms with van der Waals surface area (Å²) in [7, 11) is 1.91. The molecule has 3 aromatic rings. The molecule has 3 aromatic heterocycles. The van der Waals surface area contributed by atoms with Crippen LogP contribution in [-0.2, 0) is 31.4 Å². The van der Waals surface area contributed by atoms with Crippen LogP contribution in [0, 0.1) is 0 Å². The lowest BCUT2D eigenvalue weighted by atomic mass is 10.1. The van der Waals surface area contributed by atoms with E-state index < -0.39 is 0 Å². The van der Waals surface area contributed by atoms with Crippen molar-refractivity contribution in [1.29, 1.82) is 0 Å². The summed E-state index contributed by atoms with van der Waals surface area (Å²) in [5.41, 5.74) is 3.75. The number of carbonyl (C=O) groups is 1. The molecule has 5 rings (SSSR count). The summed E-state index contributed by atoms with van der Waals surface area (Å²) >= 11 is 1.82. The molecule has 9 heteroatoms. The first-order valence-corrected chi connectivity index (χ1v) is 11.6. The van der Waals surface area contributed by atoms with Crippen molar-refractivity contribution in [1.82, 2.24) is 29.5 Å². The number of hydrogen-bond acceptors (Lipinski definition) is 7. The standard InChI is InChI=1S/C22H27N7OS/c1-16(30)29-6-5-19-20(15-29)24-21(17-12-23-26(2)13-17)22(25-19)28-9-7-27(8-10-28)14-18-4-3-11-31-18/h3-4,11-13H,5-10,14-15H2,1-2H3. The number of aryl methyl sites for hydroxylation is 1. The van der Waals surface area contributed by atoms with Crippen molar-refractivity contribution < 1.29 is 4.79 Å². The number of anilines is 1. The highest BCUT2D eigenvalue weighted by Gasteiger charge is 2.27. The Kier molecular flexibility index (Phi) is 5.45. The Morgan fingerprint density at radius 2 is 1.97 bits per heavy atom. The van der Waals surface area contributed by atoms with Gasteiger partial charge in [-0.05, 0) is 11.4 Å². The monoisotopic (exact) mass is 437 g/mol. The molecule has 0 atom stereocenters. The van der Waals surface area contributed by atoms with Gasteiger partial charge in [-0.15, -0.1) is 11.3 Å². The van der Waals surface area contributed by atoms with Gasteiger partial charge >= 0.3 is 0 Å². The first kappa shape index (κ1) is 20.1. The molecule has 2 aliphatic heterocycles. The van der Waals surface area contributed by atoms with Gasteiger partial charge in [-0.1, -0.05) is 6.07 Å². The smallest absolute Gasteiger partial charge is 0.219 e. The topological polar surface area (TPSA) is 70.4 Å². The maximum atomic E-state index is 11.9. The summed E-state index contributed by atoms with van der Waals surface area (Å²) in [5.74, 6) is 1.03. The van der Waals surface area contributed by atoms with Crippen LogP contribution in [0.4, 0.5) is 5.82 Å². The third-order valence-electron chi connectivity index (χ3n) is 6.05. The highest BCUT2D eigenvalue weighted by atomic mass is 32.1. The molecule has 5 heterocycles. The first-order valence-electron chi connectivity index (χ1n) is 10.7. The largest absolute Gasteiger partial charge is 0.352 e. The lowest BCUT2D eigenvalue weighted by Gasteiger charge is -2.36. The van der Waals surface area contributed by atoms with E-state index in [9.17, 15) is 4.79 Å². The van der Waals surface area contributed by atoms with Gasteiger partial charge in [0.05, 0.1) is 24.1 Å². The summed E-state index contributed by atoms with van der Waals surface area (Å²) < 4.78 is 1.79. The van der Waals surface area contributed by atoms with Crippen molar-refractivity contribution in [3.8, 4) is 11.3 Å². The van der Waals surface area contributed by atoms with E-state index in [4.69, 9.17) is 9.97 Å². The van der Waals surface area contributed by atoms with Crippen molar-refractivity contribution in [3.05, 3.63) is 46.2 Å². The van der Waals surface area contributed by atoms with E-state index in [2.05, 4.69) is 32.4 Å². The lowest BCUT2D eigenvalue weighted by Crippen LogP contribution is -2.46. The van der Waals surface area contributed by atoms with Gasteiger partial charge in [-0.2, -0.15) is 5.10 Å². The fourth-order valence-corrected chi connectivity index (χ4v) is 5.04. The third kappa shape index (κ3) is 4.20. The van der Waals surface area contributed by atoms with Gasteiger partial charge in [0, 0.05) is 76.3 Å². The Balaban J connectivity index is 1.42. The van der Waals surface area contributed by atoms with Crippen LogP contribution in [-0.4, -0.2) is 68.2 Å². The zero-order valence-corrected chi connectivity index (χ0v) is 18.8. The minimum absolute atomic E-state index is 0.0846. The fourth-order valence-electron chi connectivity index (χ4n) is 4.29. The number of nitrogens with zero attached hydrogens (tertiary/aromatic N) is 7. The quantitative estimate of drug-likeness (QED) is 0.623. The van der Waals surface area contributed by atoms with E-state index in [1.807, 2.05) is 35.7 Å². The van der Waals surface area contributed by atoms with Crippen molar-refractivity contribution in [2.45, 2.75) is 26.4 Å². The normalized spacial score (nSPS) is 17.1. The molecular weight excluding hydrogens is 410 g/mol. The molecule has 0 saturated carbocycles. The number of thiophene rings is 1. The van der Waals surface area contributed by atoms with Crippen LogP contribution in [0.3, 0.4) is 0 Å². The van der Waals surface area contributed by atoms with Gasteiger partial charge in [0.1, 0.15) is 5.69 Å². The number of aromatic nitrogens is 4. The number of piperazine rings is 1. The van der Waals surface area contributed by atoms with Gasteiger partial charge in [-0.25, -0.2) is 9.97 Å².